The van der Waals surface area contributed by atoms with Crippen LogP contribution < -0.4 is 10.1 Å². The van der Waals surface area contributed by atoms with Gasteiger partial charge in [0.15, 0.2) is 9.84 Å². The highest BCUT2D eigenvalue weighted by Gasteiger charge is 2.19. The molecule has 9 heteroatoms. The van der Waals surface area contributed by atoms with Gasteiger partial charge in [-0.3, -0.25) is 4.79 Å². The summed E-state index contributed by atoms with van der Waals surface area (Å²) in [7, 11) is 0.991. The van der Waals surface area contributed by atoms with E-state index in [2.05, 4.69) is 5.32 Å². The standard InChI is InChI=1S/C21H24N2O6S/c1-14-11-15(5-10-19(24)23(2)3)12-18(21(25)26)20(14)22-13-30(27,28)17-8-6-16(29-4)7-9-17/h5-12,22H,13H2,1-4H3,(H,25,26)/b10-5+. The quantitative estimate of drug-likeness (QED) is 0.617. The molecule has 0 aliphatic rings. The molecule has 1 amide bonds. The number of nitrogens with zero attached hydrogens (tertiary/aromatic N) is 1. The van der Waals surface area contributed by atoms with Crippen LogP contribution in [0.3, 0.4) is 0 Å². The average Bonchev–Trinajstić information content (AvgIpc) is 2.70. The van der Waals surface area contributed by atoms with Crippen molar-refractivity contribution in [3.8, 4) is 5.75 Å². The highest BCUT2D eigenvalue weighted by atomic mass is 32.2. The highest BCUT2D eigenvalue weighted by Crippen LogP contribution is 2.25. The number of hydrogen-bond donors (Lipinski definition) is 2. The number of aryl methyl sites for hydroxylation is 1. The number of carboxylic acid groups (broad SMARTS) is 1. The SMILES string of the molecule is COc1ccc(S(=O)(=O)CNc2c(C)cc(/C=C/C(=O)N(C)C)cc2C(=O)O)cc1. The second-order valence-electron chi connectivity index (χ2n) is 6.74. The van der Waals surface area contributed by atoms with E-state index in [0.717, 1.165) is 0 Å². The van der Waals surface area contributed by atoms with Crippen molar-refractivity contribution in [3.05, 3.63) is 59.2 Å². The summed E-state index contributed by atoms with van der Waals surface area (Å²) in [5.41, 5.74) is 1.17. The summed E-state index contributed by atoms with van der Waals surface area (Å²) in [4.78, 5) is 24.9. The number of amides is 1. The monoisotopic (exact) mass is 432 g/mol. The van der Waals surface area contributed by atoms with Gasteiger partial charge in [0.05, 0.1) is 23.3 Å². The predicted octanol–water partition coefficient (Wildman–Crippen LogP) is 2.65. The van der Waals surface area contributed by atoms with E-state index in [1.54, 1.807) is 27.1 Å². The van der Waals surface area contributed by atoms with E-state index in [4.69, 9.17) is 4.74 Å². The molecule has 0 aliphatic heterocycles. The Morgan fingerprint density at radius 1 is 1.17 bits per heavy atom. The normalized spacial score (nSPS) is 11.3. The summed E-state index contributed by atoms with van der Waals surface area (Å²) >= 11 is 0. The number of anilines is 1. The van der Waals surface area contributed by atoms with Gasteiger partial charge in [-0.25, -0.2) is 13.2 Å². The Hall–Kier alpha value is -3.33. The maximum Gasteiger partial charge on any atom is 0.337 e. The third-order valence-electron chi connectivity index (χ3n) is 4.30. The number of carbonyl (C=O) groups is 2. The first-order valence-corrected chi connectivity index (χ1v) is 10.6. The fraction of sp³-hybridized carbons (Fsp3) is 0.238. The molecule has 2 N–H and O–H groups in total. The lowest BCUT2D eigenvalue weighted by atomic mass is 10.0. The van der Waals surface area contributed by atoms with Crippen molar-refractivity contribution in [1.82, 2.24) is 4.90 Å². The summed E-state index contributed by atoms with van der Waals surface area (Å²) < 4.78 is 30.2. The molecule has 0 spiro atoms. The van der Waals surface area contributed by atoms with Crippen molar-refractivity contribution in [3.63, 3.8) is 0 Å². The second-order valence-corrected chi connectivity index (χ2v) is 8.73. The van der Waals surface area contributed by atoms with E-state index >= 15 is 0 Å². The Morgan fingerprint density at radius 3 is 2.33 bits per heavy atom. The third kappa shape index (κ3) is 5.60. The third-order valence-corrected chi connectivity index (χ3v) is 5.82. The van der Waals surface area contributed by atoms with Gasteiger partial charge in [-0.15, -0.1) is 0 Å². The zero-order chi connectivity index (χ0) is 22.5. The first kappa shape index (κ1) is 23.0. The van der Waals surface area contributed by atoms with Gasteiger partial charge in [0.2, 0.25) is 5.91 Å². The molecular formula is C21H24N2O6S. The molecule has 160 valence electrons. The van der Waals surface area contributed by atoms with E-state index in [1.165, 1.54) is 54.5 Å². The number of hydrogen-bond acceptors (Lipinski definition) is 6. The molecule has 30 heavy (non-hydrogen) atoms. The maximum atomic E-state index is 12.6. The highest BCUT2D eigenvalue weighted by molar-refractivity contribution is 7.91. The van der Waals surface area contributed by atoms with Crippen molar-refractivity contribution < 1.29 is 27.9 Å². The number of ether oxygens (including phenoxy) is 1. The topological polar surface area (TPSA) is 113 Å². The van der Waals surface area contributed by atoms with Gasteiger partial charge in [-0.05, 0) is 60.5 Å². The van der Waals surface area contributed by atoms with E-state index in [-0.39, 0.29) is 22.1 Å². The lowest BCUT2D eigenvalue weighted by molar-refractivity contribution is -0.123. The number of sulfone groups is 1. The molecule has 0 saturated heterocycles. The molecule has 2 rings (SSSR count). The summed E-state index contributed by atoms with van der Waals surface area (Å²) in [5, 5.41) is 12.3. The number of rotatable bonds is 8. The number of likely N-dealkylation sites (N-methyl/N-ethyl adjacent to an activating group) is 1. The van der Waals surface area contributed by atoms with Gasteiger partial charge in [0.1, 0.15) is 11.6 Å². The Balaban J connectivity index is 2.30. The maximum absolute atomic E-state index is 12.6. The smallest absolute Gasteiger partial charge is 0.337 e. The van der Waals surface area contributed by atoms with Crippen LogP contribution in [-0.2, 0) is 14.6 Å². The van der Waals surface area contributed by atoms with Crippen molar-refractivity contribution in [2.75, 3.05) is 32.4 Å². The van der Waals surface area contributed by atoms with Crippen molar-refractivity contribution in [2.24, 2.45) is 0 Å². The summed E-state index contributed by atoms with van der Waals surface area (Å²) in [6.07, 6.45) is 2.85. The van der Waals surface area contributed by atoms with Crippen LogP contribution in [0.15, 0.2) is 47.4 Å². The molecule has 8 nitrogen and oxygen atoms in total. The first-order valence-electron chi connectivity index (χ1n) is 8.93. The zero-order valence-corrected chi connectivity index (χ0v) is 18.0. The van der Waals surface area contributed by atoms with Crippen molar-refractivity contribution in [1.29, 1.82) is 0 Å². The Labute approximate surface area is 175 Å². The lowest BCUT2D eigenvalue weighted by Gasteiger charge is -2.14. The fourth-order valence-electron chi connectivity index (χ4n) is 2.66. The minimum Gasteiger partial charge on any atom is -0.497 e. The van der Waals surface area contributed by atoms with Crippen LogP contribution in [0, 0.1) is 6.92 Å². The minimum absolute atomic E-state index is 0.0862. The molecular weight excluding hydrogens is 408 g/mol. The van der Waals surface area contributed by atoms with E-state index in [0.29, 0.717) is 16.9 Å². The van der Waals surface area contributed by atoms with Gasteiger partial charge >= 0.3 is 5.97 Å². The average molecular weight is 432 g/mol. The Morgan fingerprint density at radius 2 is 1.80 bits per heavy atom. The van der Waals surface area contributed by atoms with Gasteiger partial charge in [-0.1, -0.05) is 0 Å². The van der Waals surface area contributed by atoms with Crippen LogP contribution >= 0.6 is 0 Å². The molecule has 0 unspecified atom stereocenters. The summed E-state index contributed by atoms with van der Waals surface area (Å²) in [6, 6.07) is 8.99. The Bertz CT molecular complexity index is 1070. The summed E-state index contributed by atoms with van der Waals surface area (Å²) in [6.45, 7) is 1.67. The molecule has 0 aliphatic carbocycles. The molecule has 0 saturated carbocycles. The lowest BCUT2D eigenvalue weighted by Crippen LogP contribution is -2.18. The first-order chi connectivity index (χ1) is 14.0. The second kappa shape index (κ2) is 9.45. The zero-order valence-electron chi connectivity index (χ0n) is 17.2. The number of aromatic carboxylic acids is 1. The van der Waals surface area contributed by atoms with Crippen molar-refractivity contribution >= 4 is 33.5 Å². The van der Waals surface area contributed by atoms with Crippen LogP contribution in [0.4, 0.5) is 5.69 Å². The number of benzene rings is 2. The van der Waals surface area contributed by atoms with Crippen LogP contribution in [0.2, 0.25) is 0 Å². The van der Waals surface area contributed by atoms with Crippen LogP contribution in [0.5, 0.6) is 5.75 Å². The molecule has 0 fully saturated rings. The Kier molecular flexibility index (Phi) is 7.23. The molecule has 0 heterocycles. The minimum atomic E-state index is -3.71. The molecule has 2 aromatic rings. The molecule has 0 radical (unpaired) electrons. The van der Waals surface area contributed by atoms with Gasteiger partial charge in [0, 0.05) is 20.2 Å². The molecule has 2 aromatic carbocycles. The van der Waals surface area contributed by atoms with Crippen LogP contribution in [0.1, 0.15) is 21.5 Å². The molecule has 0 aromatic heterocycles. The largest absolute Gasteiger partial charge is 0.497 e. The van der Waals surface area contributed by atoms with E-state index < -0.39 is 21.7 Å². The van der Waals surface area contributed by atoms with Crippen LogP contribution in [-0.4, -0.2) is 57.4 Å². The van der Waals surface area contributed by atoms with E-state index in [9.17, 15) is 23.1 Å². The number of carboxylic acids is 1. The predicted molar refractivity (Wildman–Crippen MR) is 115 cm³/mol. The van der Waals surface area contributed by atoms with Crippen LogP contribution in [0.25, 0.3) is 6.08 Å². The fourth-order valence-corrected chi connectivity index (χ4v) is 3.72. The molecule has 0 bridgehead atoms. The molecule has 0 atom stereocenters. The van der Waals surface area contributed by atoms with Gasteiger partial charge < -0.3 is 20.1 Å². The van der Waals surface area contributed by atoms with Gasteiger partial charge in [-0.2, -0.15) is 0 Å². The number of methoxy groups -OCH3 is 1. The van der Waals surface area contributed by atoms with Gasteiger partial charge in [0.25, 0.3) is 0 Å². The number of nitrogens with one attached hydrogen (secondary N) is 1. The summed E-state index contributed by atoms with van der Waals surface area (Å²) in [5.74, 6) is -1.40. The van der Waals surface area contributed by atoms with Crippen molar-refractivity contribution in [2.45, 2.75) is 11.8 Å². The number of carbonyl (C=O) groups excluding carboxylic acids is 1. The van der Waals surface area contributed by atoms with E-state index in [1.807, 2.05) is 0 Å².